The minimum absolute atomic E-state index is 0. The third-order valence-electron chi connectivity index (χ3n) is 0. The van der Waals surface area contributed by atoms with E-state index in [0.29, 0.717) is 0 Å². The molecule has 0 aliphatic heterocycles. The summed E-state index contributed by atoms with van der Waals surface area (Å²) in [4.78, 5) is 0. The summed E-state index contributed by atoms with van der Waals surface area (Å²) < 4.78 is 0. The Bertz CT molecular complexity index is 10.8. The zero-order valence-electron chi connectivity index (χ0n) is 3.55. The Morgan fingerprint density at radius 1 is 0.667 bits per heavy atom. The Hall–Kier alpha value is 3.49. The number of halogens is 3. The van der Waals surface area contributed by atoms with Crippen LogP contribution in [0.4, 0.5) is 0 Å². The minimum Gasteiger partial charge on any atom is -1.00 e. The van der Waals surface area contributed by atoms with E-state index in [0.717, 1.165) is 0 Å². The van der Waals surface area contributed by atoms with Gasteiger partial charge in [-0.25, -0.2) is 0 Å². The van der Waals surface area contributed by atoms with Gasteiger partial charge < -0.3 is 37.2 Å². The number of hydrogen-bond acceptors (Lipinski definition) is 0. The largest absolute Gasteiger partial charge is 2.00 e. The Balaban J connectivity index is 0. The van der Waals surface area contributed by atoms with E-state index in [2.05, 4.69) is 0 Å². The van der Waals surface area contributed by atoms with Gasteiger partial charge in [-0.15, -0.1) is 0 Å². The van der Waals surface area contributed by atoms with Crippen LogP contribution in [-0.4, -0.2) is 60.8 Å². The first kappa shape index (κ1) is 56.1. The molecule has 0 aliphatic rings. The zero-order valence-corrected chi connectivity index (χ0v) is 9.44. The standard InChI is InChI=1S/Ca.3ClH.Li.Mg/h;3*1H;;/q+2;;;;+1;+2/p-3. The first-order valence-corrected chi connectivity index (χ1v) is 0. The fraction of sp³-hybridized carbons (Fsp3) is 0. The second-order valence-electron chi connectivity index (χ2n) is 0. The van der Waals surface area contributed by atoms with Crippen molar-refractivity contribution in [1.82, 2.24) is 0 Å². The molecule has 0 radical (unpaired) electrons. The predicted octanol–water partition coefficient (Wildman–Crippen LogP) is -12.7. The molecule has 24 valence electrons. The second kappa shape index (κ2) is 39.1. The Labute approximate surface area is 115 Å². The van der Waals surface area contributed by atoms with Crippen LogP contribution in [-0.2, 0) is 0 Å². The van der Waals surface area contributed by atoms with Crippen LogP contribution in [0.15, 0.2) is 0 Å². The van der Waals surface area contributed by atoms with Gasteiger partial charge in [-0.3, -0.25) is 0 Å². The summed E-state index contributed by atoms with van der Waals surface area (Å²) in [5.74, 6) is 0. The van der Waals surface area contributed by atoms with Gasteiger partial charge >= 0.3 is 79.7 Å². The molecular weight excluding hydrogens is 178 g/mol. The van der Waals surface area contributed by atoms with E-state index in [4.69, 9.17) is 0 Å². The van der Waals surface area contributed by atoms with Gasteiger partial charge in [0.05, 0.1) is 0 Å². The summed E-state index contributed by atoms with van der Waals surface area (Å²) >= 11 is 0. The fourth-order valence-electron chi connectivity index (χ4n) is 0. The van der Waals surface area contributed by atoms with Crippen LogP contribution in [0.5, 0.6) is 0 Å². The van der Waals surface area contributed by atoms with E-state index >= 15 is 0 Å². The summed E-state index contributed by atoms with van der Waals surface area (Å²) in [6, 6.07) is 0. The van der Waals surface area contributed by atoms with E-state index < -0.39 is 0 Å². The summed E-state index contributed by atoms with van der Waals surface area (Å²) in [6.07, 6.45) is 0. The predicted molar refractivity (Wildman–Crippen MR) is 11.5 cm³/mol. The summed E-state index contributed by atoms with van der Waals surface area (Å²) in [5.41, 5.74) is 0. The molecule has 0 saturated heterocycles. The van der Waals surface area contributed by atoms with Crippen LogP contribution >= 0.6 is 0 Å². The SMILES string of the molecule is [Ca+2].[Cl-].[Cl-].[Cl-].[Li+].[Mg+2]. The van der Waals surface area contributed by atoms with Gasteiger partial charge in [0.1, 0.15) is 0 Å². The minimum atomic E-state index is 0. The van der Waals surface area contributed by atoms with Crippen LogP contribution < -0.4 is 56.1 Å². The second-order valence-corrected chi connectivity index (χ2v) is 0. The molecule has 0 rings (SSSR count). The van der Waals surface area contributed by atoms with Crippen LogP contribution in [0.3, 0.4) is 0 Å². The molecule has 0 unspecified atom stereocenters. The molecule has 0 saturated carbocycles. The van der Waals surface area contributed by atoms with E-state index in [-0.39, 0.29) is 117 Å². The van der Waals surface area contributed by atoms with Crippen molar-refractivity contribution in [3.05, 3.63) is 0 Å². The van der Waals surface area contributed by atoms with Crippen LogP contribution in [0.2, 0.25) is 0 Å². The summed E-state index contributed by atoms with van der Waals surface area (Å²) in [7, 11) is 0. The molecule has 0 N–H and O–H groups in total. The van der Waals surface area contributed by atoms with Crippen molar-refractivity contribution in [3.8, 4) is 0 Å². The Morgan fingerprint density at radius 2 is 0.667 bits per heavy atom. The summed E-state index contributed by atoms with van der Waals surface area (Å²) in [6.45, 7) is 0. The molecule has 0 aromatic carbocycles. The van der Waals surface area contributed by atoms with Crippen LogP contribution in [0.25, 0.3) is 0 Å². The van der Waals surface area contributed by atoms with Crippen LogP contribution in [0, 0.1) is 0 Å². The molecule has 0 aliphatic carbocycles. The molecule has 0 fully saturated rings. The molecule has 0 amide bonds. The van der Waals surface area contributed by atoms with Gasteiger partial charge in [0, 0.05) is 0 Å². The van der Waals surface area contributed by atoms with Gasteiger partial charge in [-0.1, -0.05) is 0 Å². The molecule has 0 heterocycles. The van der Waals surface area contributed by atoms with E-state index in [1.165, 1.54) is 0 Å². The smallest absolute Gasteiger partial charge is 1.00 e. The fourth-order valence-corrected chi connectivity index (χ4v) is 0. The molecule has 6 heteroatoms. The number of hydrogen-bond donors (Lipinski definition) is 0. The van der Waals surface area contributed by atoms with Gasteiger partial charge in [-0.05, 0) is 0 Å². The molecule has 0 atom stereocenters. The Kier molecular flexibility index (Phi) is 365. The number of rotatable bonds is 0. The van der Waals surface area contributed by atoms with Crippen molar-refractivity contribution < 1.29 is 56.1 Å². The average molecular weight is 178 g/mol. The normalized spacial score (nSPS) is 0. The van der Waals surface area contributed by atoms with Crippen molar-refractivity contribution in [3.63, 3.8) is 0 Å². The molecule has 0 aromatic rings. The summed E-state index contributed by atoms with van der Waals surface area (Å²) in [5, 5.41) is 0. The van der Waals surface area contributed by atoms with Crippen LogP contribution in [0.1, 0.15) is 0 Å². The first-order chi connectivity index (χ1) is 0. The quantitative estimate of drug-likeness (QED) is 0.323. The van der Waals surface area contributed by atoms with Crippen molar-refractivity contribution in [2.75, 3.05) is 0 Å². The van der Waals surface area contributed by atoms with Crippen molar-refractivity contribution in [1.29, 1.82) is 0 Å². The molecule has 0 spiro atoms. The zero-order chi connectivity index (χ0) is 0. The topological polar surface area (TPSA) is 0 Å². The monoisotopic (exact) mass is 176 g/mol. The molecule has 0 nitrogen and oxygen atoms in total. The van der Waals surface area contributed by atoms with Crippen molar-refractivity contribution in [2.24, 2.45) is 0 Å². The van der Waals surface area contributed by atoms with Gasteiger partial charge in [0.2, 0.25) is 0 Å². The third kappa shape index (κ3) is 25.9. The maximum absolute atomic E-state index is 0. The first-order valence-electron chi connectivity index (χ1n) is 0. The molecule has 0 aromatic heterocycles. The van der Waals surface area contributed by atoms with E-state index in [1.54, 1.807) is 0 Å². The van der Waals surface area contributed by atoms with Gasteiger partial charge in [0.15, 0.2) is 0 Å². The molecular formula is CaCl3LiMg+2. The van der Waals surface area contributed by atoms with Gasteiger partial charge in [-0.2, -0.15) is 0 Å². The van der Waals surface area contributed by atoms with Gasteiger partial charge in [0.25, 0.3) is 0 Å². The average Bonchev–Trinajstić information content (AvgIpc) is 0. The molecule has 0 bridgehead atoms. The maximum atomic E-state index is 0. The molecule has 6 heavy (non-hydrogen) atoms. The third-order valence-corrected chi connectivity index (χ3v) is 0. The van der Waals surface area contributed by atoms with Crippen molar-refractivity contribution >= 4 is 60.8 Å². The Morgan fingerprint density at radius 3 is 0.667 bits per heavy atom. The van der Waals surface area contributed by atoms with Crippen molar-refractivity contribution in [2.45, 2.75) is 0 Å². The van der Waals surface area contributed by atoms with E-state index in [9.17, 15) is 0 Å². The van der Waals surface area contributed by atoms with E-state index in [1.807, 2.05) is 0 Å². The maximum Gasteiger partial charge on any atom is 2.00 e.